The van der Waals surface area contributed by atoms with Crippen LogP contribution >= 0.6 is 0 Å². The first-order valence-electron chi connectivity index (χ1n) is 5.88. The van der Waals surface area contributed by atoms with Crippen LogP contribution < -0.4 is 5.73 Å². The molecule has 0 saturated heterocycles. The molecule has 1 heteroatoms. The van der Waals surface area contributed by atoms with Gasteiger partial charge in [-0.15, -0.1) is 0 Å². The number of nitrogens with two attached hydrogens (primary N) is 1. The maximum Gasteiger partial charge on any atom is 0.0415 e. The summed E-state index contributed by atoms with van der Waals surface area (Å²) in [6.45, 7) is 6.67. The molecule has 2 N–H and O–H groups in total. The highest BCUT2D eigenvalue weighted by Crippen LogP contribution is 2.41. The maximum absolute atomic E-state index is 6.54. The Balaban J connectivity index is 2.41. The zero-order chi connectivity index (χ0) is 11.1. The van der Waals surface area contributed by atoms with Crippen molar-refractivity contribution in [1.82, 2.24) is 0 Å². The minimum Gasteiger partial charge on any atom is -0.321 e. The third-order valence-electron chi connectivity index (χ3n) is 3.94. The Hall–Kier alpha value is -0.820. The molecule has 1 saturated carbocycles. The molecule has 82 valence electrons. The molecule has 1 aliphatic rings. The molecule has 0 bridgehead atoms. The summed E-state index contributed by atoms with van der Waals surface area (Å²) in [6.07, 6.45) is 3.54. The van der Waals surface area contributed by atoms with Crippen LogP contribution in [0.5, 0.6) is 0 Å². The van der Waals surface area contributed by atoms with E-state index in [4.69, 9.17) is 5.73 Å². The van der Waals surface area contributed by atoms with Gasteiger partial charge in [0.2, 0.25) is 0 Å². The van der Waals surface area contributed by atoms with Gasteiger partial charge in [0.25, 0.3) is 0 Å². The smallest absolute Gasteiger partial charge is 0.0415 e. The van der Waals surface area contributed by atoms with Crippen LogP contribution in [0.15, 0.2) is 18.2 Å². The summed E-state index contributed by atoms with van der Waals surface area (Å²) in [4.78, 5) is 0. The van der Waals surface area contributed by atoms with Crippen molar-refractivity contribution in [2.75, 3.05) is 0 Å². The molecule has 0 aliphatic heterocycles. The van der Waals surface area contributed by atoms with Crippen LogP contribution in [0.1, 0.15) is 42.9 Å². The van der Waals surface area contributed by atoms with Gasteiger partial charge >= 0.3 is 0 Å². The zero-order valence-corrected chi connectivity index (χ0v) is 10.0. The largest absolute Gasteiger partial charge is 0.321 e. The van der Waals surface area contributed by atoms with E-state index in [-0.39, 0.29) is 5.54 Å². The zero-order valence-electron chi connectivity index (χ0n) is 10.0. The number of benzene rings is 1. The molecule has 0 amide bonds. The van der Waals surface area contributed by atoms with Crippen molar-refractivity contribution in [3.05, 3.63) is 34.9 Å². The molecule has 0 heterocycles. The fraction of sp³-hybridized carbons (Fsp3) is 0.571. The fourth-order valence-corrected chi connectivity index (χ4v) is 2.87. The van der Waals surface area contributed by atoms with Crippen LogP contribution in [-0.4, -0.2) is 0 Å². The summed E-state index contributed by atoms with van der Waals surface area (Å²) < 4.78 is 0. The molecule has 15 heavy (non-hydrogen) atoms. The minimum absolute atomic E-state index is 0.0600. The second-order valence-corrected chi connectivity index (χ2v) is 5.25. The molecule has 1 aromatic carbocycles. The first-order valence-corrected chi connectivity index (χ1v) is 5.88. The minimum atomic E-state index is -0.0600. The molecular weight excluding hydrogens is 182 g/mol. The molecule has 0 spiro atoms. The Morgan fingerprint density at radius 1 is 1.33 bits per heavy atom. The summed E-state index contributed by atoms with van der Waals surface area (Å²) in [5.41, 5.74) is 10.6. The molecule has 2 rings (SSSR count). The molecule has 1 aromatic rings. The van der Waals surface area contributed by atoms with Crippen molar-refractivity contribution in [1.29, 1.82) is 0 Å². The predicted octanol–water partition coefficient (Wildman–Crippen LogP) is 3.28. The van der Waals surface area contributed by atoms with Gasteiger partial charge in [0.1, 0.15) is 0 Å². The van der Waals surface area contributed by atoms with E-state index < -0.39 is 0 Å². The summed E-state index contributed by atoms with van der Waals surface area (Å²) in [5, 5.41) is 0. The van der Waals surface area contributed by atoms with Gasteiger partial charge in [-0.2, -0.15) is 0 Å². The van der Waals surface area contributed by atoms with Gasteiger partial charge in [-0.1, -0.05) is 25.1 Å². The highest BCUT2D eigenvalue weighted by atomic mass is 14.8. The van der Waals surface area contributed by atoms with Crippen LogP contribution in [0, 0.1) is 19.8 Å². The van der Waals surface area contributed by atoms with Gasteiger partial charge in [0.05, 0.1) is 0 Å². The quantitative estimate of drug-likeness (QED) is 0.744. The van der Waals surface area contributed by atoms with Gasteiger partial charge in [0, 0.05) is 5.54 Å². The first-order chi connectivity index (χ1) is 7.03. The van der Waals surface area contributed by atoms with Crippen LogP contribution in [0.2, 0.25) is 0 Å². The highest BCUT2D eigenvalue weighted by molar-refractivity contribution is 5.38. The third-order valence-corrected chi connectivity index (χ3v) is 3.94. The Labute approximate surface area is 92.7 Å². The van der Waals surface area contributed by atoms with Crippen LogP contribution in [-0.2, 0) is 5.54 Å². The van der Waals surface area contributed by atoms with E-state index in [1.54, 1.807) is 0 Å². The monoisotopic (exact) mass is 203 g/mol. The number of hydrogen-bond acceptors (Lipinski definition) is 1. The normalized spacial score (nSPS) is 30.8. The Morgan fingerprint density at radius 2 is 2.07 bits per heavy atom. The van der Waals surface area contributed by atoms with Crippen LogP contribution in [0.3, 0.4) is 0 Å². The SMILES string of the molecule is Cc1cccc(C2(N)CCC(C)C2)c1C. The van der Waals surface area contributed by atoms with Crippen molar-refractivity contribution in [3.8, 4) is 0 Å². The molecule has 1 aliphatic carbocycles. The second-order valence-electron chi connectivity index (χ2n) is 5.25. The van der Waals surface area contributed by atoms with E-state index in [1.807, 2.05) is 0 Å². The van der Waals surface area contributed by atoms with Gasteiger partial charge in [-0.25, -0.2) is 0 Å². The van der Waals surface area contributed by atoms with E-state index in [0.717, 1.165) is 18.8 Å². The van der Waals surface area contributed by atoms with E-state index in [0.29, 0.717) is 0 Å². The molecular formula is C14H21N. The van der Waals surface area contributed by atoms with E-state index >= 15 is 0 Å². The van der Waals surface area contributed by atoms with Crippen molar-refractivity contribution in [2.24, 2.45) is 11.7 Å². The number of rotatable bonds is 1. The van der Waals surface area contributed by atoms with Crippen LogP contribution in [0.4, 0.5) is 0 Å². The Morgan fingerprint density at radius 3 is 2.67 bits per heavy atom. The lowest BCUT2D eigenvalue weighted by Gasteiger charge is -2.27. The predicted molar refractivity (Wildman–Crippen MR) is 64.8 cm³/mol. The number of aryl methyl sites for hydroxylation is 1. The fourth-order valence-electron chi connectivity index (χ4n) is 2.87. The summed E-state index contributed by atoms with van der Waals surface area (Å²) >= 11 is 0. The van der Waals surface area contributed by atoms with Crippen molar-refractivity contribution < 1.29 is 0 Å². The molecule has 2 atom stereocenters. The van der Waals surface area contributed by atoms with Crippen molar-refractivity contribution in [2.45, 2.75) is 45.6 Å². The van der Waals surface area contributed by atoms with Crippen molar-refractivity contribution >= 4 is 0 Å². The van der Waals surface area contributed by atoms with Gasteiger partial charge < -0.3 is 5.73 Å². The Bertz CT molecular complexity index is 370. The third kappa shape index (κ3) is 1.81. The van der Waals surface area contributed by atoms with Gasteiger partial charge in [-0.05, 0) is 55.7 Å². The summed E-state index contributed by atoms with van der Waals surface area (Å²) in [6, 6.07) is 6.51. The molecule has 1 fully saturated rings. The Kier molecular flexibility index (Phi) is 2.59. The molecule has 0 aromatic heterocycles. The summed E-state index contributed by atoms with van der Waals surface area (Å²) in [5.74, 6) is 0.773. The van der Waals surface area contributed by atoms with E-state index in [2.05, 4.69) is 39.0 Å². The standard InChI is InChI=1S/C14H21N/c1-10-7-8-14(15,9-10)13-6-4-5-11(2)12(13)3/h4-6,10H,7-9,15H2,1-3H3. The summed E-state index contributed by atoms with van der Waals surface area (Å²) in [7, 11) is 0. The molecule has 2 unspecified atom stereocenters. The van der Waals surface area contributed by atoms with E-state index in [9.17, 15) is 0 Å². The topological polar surface area (TPSA) is 26.0 Å². The maximum atomic E-state index is 6.54. The lowest BCUT2D eigenvalue weighted by atomic mass is 9.84. The number of hydrogen-bond donors (Lipinski definition) is 1. The molecule has 1 nitrogen and oxygen atoms in total. The first kappa shape index (κ1) is 10.7. The van der Waals surface area contributed by atoms with Gasteiger partial charge in [-0.3, -0.25) is 0 Å². The van der Waals surface area contributed by atoms with E-state index in [1.165, 1.54) is 23.1 Å². The lowest BCUT2D eigenvalue weighted by molar-refractivity contribution is 0.438. The average molecular weight is 203 g/mol. The highest BCUT2D eigenvalue weighted by Gasteiger charge is 2.36. The van der Waals surface area contributed by atoms with Gasteiger partial charge in [0.15, 0.2) is 0 Å². The van der Waals surface area contributed by atoms with Crippen molar-refractivity contribution in [3.63, 3.8) is 0 Å². The van der Waals surface area contributed by atoms with Crippen LogP contribution in [0.25, 0.3) is 0 Å². The second kappa shape index (κ2) is 3.64. The average Bonchev–Trinajstić information content (AvgIpc) is 2.52. The molecule has 0 radical (unpaired) electrons. The lowest BCUT2D eigenvalue weighted by Crippen LogP contribution is -2.34.